The molecule has 0 spiro atoms. The lowest BCUT2D eigenvalue weighted by molar-refractivity contribution is -0.116. The molecule has 0 saturated heterocycles. The molecule has 0 fully saturated rings. The molecule has 0 radical (unpaired) electrons. The predicted molar refractivity (Wildman–Crippen MR) is 101 cm³/mol. The maximum atomic E-state index is 12.2. The second-order valence-corrected chi connectivity index (χ2v) is 6.54. The third-order valence-corrected chi connectivity index (χ3v) is 4.67. The molecule has 1 amide bonds. The van der Waals surface area contributed by atoms with Crippen molar-refractivity contribution in [2.45, 2.75) is 27.2 Å². The second-order valence-electron chi connectivity index (χ2n) is 5.68. The number of hydrogen-bond donors (Lipinski definition) is 1. The van der Waals surface area contributed by atoms with E-state index in [-0.39, 0.29) is 5.91 Å². The Bertz CT molecular complexity index is 685. The van der Waals surface area contributed by atoms with E-state index in [0.29, 0.717) is 13.0 Å². The number of nitrogens with zero attached hydrogens (tertiary/aromatic N) is 1. The van der Waals surface area contributed by atoms with Crippen molar-refractivity contribution in [1.82, 2.24) is 0 Å². The molecule has 0 unspecified atom stereocenters. The lowest BCUT2D eigenvalue weighted by Crippen LogP contribution is -2.27. The molecule has 0 aliphatic carbocycles. The van der Waals surface area contributed by atoms with Crippen LogP contribution in [0.25, 0.3) is 0 Å². The number of amides is 1. The summed E-state index contributed by atoms with van der Waals surface area (Å²) in [7, 11) is 0. The molecule has 122 valence electrons. The first-order valence-electron chi connectivity index (χ1n) is 7.87. The lowest BCUT2D eigenvalue weighted by Gasteiger charge is -2.23. The van der Waals surface area contributed by atoms with Gasteiger partial charge in [-0.25, -0.2) is 0 Å². The van der Waals surface area contributed by atoms with E-state index in [1.807, 2.05) is 25.1 Å². The number of nitrogens with one attached hydrogen (secondary N) is 1. The summed E-state index contributed by atoms with van der Waals surface area (Å²) in [5, 5.41) is 2.96. The van der Waals surface area contributed by atoms with Gasteiger partial charge in [0.2, 0.25) is 5.91 Å². The zero-order chi connectivity index (χ0) is 16.8. The third kappa shape index (κ3) is 5.10. The summed E-state index contributed by atoms with van der Waals surface area (Å²) in [6, 6.07) is 14.2. The molecular formula is C19H23BrN2O. The molecule has 2 aromatic rings. The smallest absolute Gasteiger partial charge is 0.226 e. The summed E-state index contributed by atoms with van der Waals surface area (Å²) < 4.78 is 1.00. The first-order valence-corrected chi connectivity index (χ1v) is 8.66. The quantitative estimate of drug-likeness (QED) is 0.777. The van der Waals surface area contributed by atoms with E-state index in [0.717, 1.165) is 22.3 Å². The van der Waals surface area contributed by atoms with Gasteiger partial charge < -0.3 is 10.2 Å². The van der Waals surface area contributed by atoms with Crippen LogP contribution in [0.4, 0.5) is 11.4 Å². The molecule has 23 heavy (non-hydrogen) atoms. The fraction of sp³-hybridized carbons (Fsp3) is 0.316. The normalized spacial score (nSPS) is 10.4. The largest absolute Gasteiger partial charge is 0.371 e. The van der Waals surface area contributed by atoms with Crippen molar-refractivity contribution in [1.29, 1.82) is 0 Å². The highest BCUT2D eigenvalue weighted by atomic mass is 79.9. The van der Waals surface area contributed by atoms with Gasteiger partial charge in [0, 0.05) is 35.4 Å². The highest BCUT2D eigenvalue weighted by Gasteiger charge is 2.09. The molecule has 4 heteroatoms. The molecule has 0 heterocycles. The van der Waals surface area contributed by atoms with Crippen LogP contribution in [-0.2, 0) is 4.79 Å². The van der Waals surface area contributed by atoms with Crippen molar-refractivity contribution in [3.05, 3.63) is 58.1 Å². The number of hydrogen-bond acceptors (Lipinski definition) is 2. The Kier molecular flexibility index (Phi) is 6.22. The van der Waals surface area contributed by atoms with Crippen LogP contribution in [0.1, 0.15) is 24.5 Å². The van der Waals surface area contributed by atoms with E-state index in [4.69, 9.17) is 0 Å². The molecule has 0 saturated carbocycles. The van der Waals surface area contributed by atoms with Crippen LogP contribution in [-0.4, -0.2) is 19.0 Å². The highest BCUT2D eigenvalue weighted by Crippen LogP contribution is 2.21. The summed E-state index contributed by atoms with van der Waals surface area (Å²) >= 11 is 3.49. The molecular weight excluding hydrogens is 352 g/mol. The monoisotopic (exact) mass is 374 g/mol. The third-order valence-electron chi connectivity index (χ3n) is 3.81. The Morgan fingerprint density at radius 3 is 2.61 bits per heavy atom. The van der Waals surface area contributed by atoms with Gasteiger partial charge >= 0.3 is 0 Å². The fourth-order valence-electron chi connectivity index (χ4n) is 2.43. The van der Waals surface area contributed by atoms with Gasteiger partial charge in [-0.3, -0.25) is 4.79 Å². The lowest BCUT2D eigenvalue weighted by atomic mass is 10.2. The van der Waals surface area contributed by atoms with Gasteiger partial charge in [-0.1, -0.05) is 34.1 Å². The van der Waals surface area contributed by atoms with Crippen LogP contribution >= 0.6 is 15.9 Å². The Balaban J connectivity index is 1.93. The van der Waals surface area contributed by atoms with Crippen molar-refractivity contribution < 1.29 is 4.79 Å². The zero-order valence-corrected chi connectivity index (χ0v) is 15.5. The van der Waals surface area contributed by atoms with Gasteiger partial charge in [0.25, 0.3) is 0 Å². The van der Waals surface area contributed by atoms with Crippen LogP contribution in [0.2, 0.25) is 0 Å². The number of carbonyl (C=O) groups excluding carboxylic acids is 1. The summed E-state index contributed by atoms with van der Waals surface area (Å²) in [5.74, 6) is 0.0341. The number of anilines is 2. The average Bonchev–Trinajstić information content (AvgIpc) is 2.52. The van der Waals surface area contributed by atoms with Gasteiger partial charge in [-0.05, 0) is 56.2 Å². The van der Waals surface area contributed by atoms with Crippen LogP contribution < -0.4 is 10.2 Å². The first kappa shape index (κ1) is 17.5. The minimum atomic E-state index is 0.0341. The highest BCUT2D eigenvalue weighted by molar-refractivity contribution is 9.10. The number of benzene rings is 2. The molecule has 2 aromatic carbocycles. The summed E-state index contributed by atoms with van der Waals surface area (Å²) in [6.07, 6.45) is 0.466. The van der Waals surface area contributed by atoms with E-state index < -0.39 is 0 Å². The van der Waals surface area contributed by atoms with Gasteiger partial charge in [-0.15, -0.1) is 0 Å². The fourth-order valence-corrected chi connectivity index (χ4v) is 2.80. The van der Waals surface area contributed by atoms with Gasteiger partial charge in [0.15, 0.2) is 0 Å². The maximum absolute atomic E-state index is 12.2. The van der Waals surface area contributed by atoms with Crippen LogP contribution in [0, 0.1) is 13.8 Å². The molecule has 0 aliphatic heterocycles. The average molecular weight is 375 g/mol. The van der Waals surface area contributed by atoms with Crippen LogP contribution in [0.5, 0.6) is 0 Å². The van der Waals surface area contributed by atoms with Crippen molar-refractivity contribution in [2.24, 2.45) is 0 Å². The number of rotatable bonds is 6. The Hall–Kier alpha value is -1.81. The molecule has 0 aromatic heterocycles. The van der Waals surface area contributed by atoms with Gasteiger partial charge in [0.1, 0.15) is 0 Å². The van der Waals surface area contributed by atoms with Crippen molar-refractivity contribution >= 4 is 33.2 Å². The predicted octanol–water partition coefficient (Wildman–Crippen LogP) is 4.92. The summed E-state index contributed by atoms with van der Waals surface area (Å²) in [5.41, 5.74) is 4.37. The van der Waals surface area contributed by atoms with Crippen LogP contribution in [0.15, 0.2) is 46.9 Å². The number of halogens is 1. The molecule has 0 atom stereocenters. The van der Waals surface area contributed by atoms with Gasteiger partial charge in [-0.2, -0.15) is 0 Å². The van der Waals surface area contributed by atoms with Crippen LogP contribution in [0.3, 0.4) is 0 Å². The van der Waals surface area contributed by atoms with Crippen molar-refractivity contribution in [2.75, 3.05) is 23.3 Å². The SMILES string of the molecule is CCN(CCC(=O)Nc1ccc(C)c(Br)c1)c1cccc(C)c1. The number of aryl methyl sites for hydroxylation is 2. The van der Waals surface area contributed by atoms with E-state index in [1.54, 1.807) is 0 Å². The van der Waals surface area contributed by atoms with E-state index >= 15 is 0 Å². The Morgan fingerprint density at radius 1 is 1.17 bits per heavy atom. The first-order chi connectivity index (χ1) is 11.0. The van der Waals surface area contributed by atoms with Crippen molar-refractivity contribution in [3.8, 4) is 0 Å². The van der Waals surface area contributed by atoms with Gasteiger partial charge in [0.05, 0.1) is 0 Å². The van der Waals surface area contributed by atoms with Crippen molar-refractivity contribution in [3.63, 3.8) is 0 Å². The zero-order valence-electron chi connectivity index (χ0n) is 13.9. The minimum Gasteiger partial charge on any atom is -0.371 e. The molecule has 2 rings (SSSR count). The minimum absolute atomic E-state index is 0.0341. The van der Waals surface area contributed by atoms with E-state index in [2.05, 4.69) is 64.3 Å². The van der Waals surface area contributed by atoms with E-state index in [1.165, 1.54) is 11.3 Å². The molecule has 0 aliphatic rings. The second kappa shape index (κ2) is 8.16. The number of carbonyl (C=O) groups is 1. The molecule has 3 nitrogen and oxygen atoms in total. The topological polar surface area (TPSA) is 32.3 Å². The standard InChI is InChI=1S/C19H23BrN2O/c1-4-22(17-7-5-6-14(2)12-17)11-10-19(23)21-16-9-8-15(3)18(20)13-16/h5-9,12-13H,4,10-11H2,1-3H3,(H,21,23). The Morgan fingerprint density at radius 2 is 1.96 bits per heavy atom. The molecule has 0 bridgehead atoms. The maximum Gasteiger partial charge on any atom is 0.226 e. The molecule has 1 N–H and O–H groups in total. The van der Waals surface area contributed by atoms with E-state index in [9.17, 15) is 4.79 Å². The Labute approximate surface area is 146 Å². The summed E-state index contributed by atoms with van der Waals surface area (Å²) in [4.78, 5) is 14.4. The summed E-state index contributed by atoms with van der Waals surface area (Å²) in [6.45, 7) is 7.80.